The van der Waals surface area contributed by atoms with Gasteiger partial charge in [0.05, 0.1) is 12.0 Å². The van der Waals surface area contributed by atoms with Crippen LogP contribution in [-0.4, -0.2) is 72.9 Å². The van der Waals surface area contributed by atoms with Crippen LogP contribution in [0.25, 0.3) is 0 Å². The van der Waals surface area contributed by atoms with Crippen LogP contribution in [0.15, 0.2) is 57.9 Å². The van der Waals surface area contributed by atoms with E-state index in [1.165, 1.54) is 28.6 Å². The summed E-state index contributed by atoms with van der Waals surface area (Å²) in [6, 6.07) is 12.4. The van der Waals surface area contributed by atoms with Gasteiger partial charge in [0, 0.05) is 39.3 Å². The lowest BCUT2D eigenvalue weighted by molar-refractivity contribution is -0.138. The molecule has 2 aliphatic heterocycles. The zero-order chi connectivity index (χ0) is 27.7. The topological polar surface area (TPSA) is 87.0 Å². The highest BCUT2D eigenvalue weighted by molar-refractivity contribution is 7.89. The highest BCUT2D eigenvalue weighted by Gasteiger charge is 2.38. The first-order chi connectivity index (χ1) is 18.6. The SMILES string of the molecule is Cc1noc(C)c1S(=O)(=O)N1CCC[C@@H](C(=O)N2CCN(C(c3ccc(F)cc3)c3ccc(F)cc3)CC2)C1. The Morgan fingerprint density at radius 2 is 1.49 bits per heavy atom. The van der Waals surface area contributed by atoms with Gasteiger partial charge in [0.2, 0.25) is 15.9 Å². The second-order valence-corrected chi connectivity index (χ2v) is 12.1. The van der Waals surface area contributed by atoms with Crippen LogP contribution in [0.3, 0.4) is 0 Å². The normalized spacial score (nSPS) is 19.5. The third-order valence-corrected chi connectivity index (χ3v) is 9.77. The fraction of sp³-hybridized carbons (Fsp3) is 0.429. The quantitative estimate of drug-likeness (QED) is 0.456. The summed E-state index contributed by atoms with van der Waals surface area (Å²) in [4.78, 5) is 17.6. The standard InChI is InChI=1S/C28H32F2N4O4S/c1-19-27(20(2)38-31-19)39(36,37)34-13-3-4-23(18-34)28(35)33-16-14-32(15-17-33)26(21-5-9-24(29)10-6-21)22-7-11-25(30)12-8-22/h5-12,23,26H,3-4,13-18H2,1-2H3/t23-/m1/s1. The van der Waals surface area contributed by atoms with Crippen LogP contribution in [0, 0.1) is 31.4 Å². The largest absolute Gasteiger partial charge is 0.360 e. The van der Waals surface area contributed by atoms with Crippen molar-refractivity contribution in [2.24, 2.45) is 5.92 Å². The second-order valence-electron chi connectivity index (χ2n) is 10.2. The van der Waals surface area contributed by atoms with Crippen molar-refractivity contribution in [1.29, 1.82) is 0 Å². The summed E-state index contributed by atoms with van der Waals surface area (Å²) in [5, 5.41) is 3.78. The van der Waals surface area contributed by atoms with Crippen LogP contribution < -0.4 is 0 Å². The van der Waals surface area contributed by atoms with E-state index in [4.69, 9.17) is 4.52 Å². The number of hydrogen-bond donors (Lipinski definition) is 0. The first-order valence-corrected chi connectivity index (χ1v) is 14.6. The molecule has 1 atom stereocenters. The van der Waals surface area contributed by atoms with Crippen LogP contribution in [0.4, 0.5) is 8.78 Å². The van der Waals surface area contributed by atoms with Crippen molar-refractivity contribution < 1.29 is 26.5 Å². The van der Waals surface area contributed by atoms with Crippen molar-refractivity contribution >= 4 is 15.9 Å². The van der Waals surface area contributed by atoms with Gasteiger partial charge in [0.1, 0.15) is 22.2 Å². The molecular formula is C28H32F2N4O4S. The molecule has 0 aliphatic carbocycles. The molecule has 0 bridgehead atoms. The Bertz CT molecular complexity index is 1350. The van der Waals surface area contributed by atoms with E-state index in [9.17, 15) is 22.0 Å². The molecule has 0 radical (unpaired) electrons. The number of halogens is 2. The maximum atomic E-state index is 13.6. The zero-order valence-electron chi connectivity index (χ0n) is 22.0. The van der Waals surface area contributed by atoms with Crippen molar-refractivity contribution in [3.05, 3.63) is 82.7 Å². The number of piperidine rings is 1. The molecule has 208 valence electrons. The van der Waals surface area contributed by atoms with Crippen LogP contribution in [-0.2, 0) is 14.8 Å². The fourth-order valence-electron chi connectivity index (χ4n) is 5.70. The number of sulfonamides is 1. The molecule has 0 unspecified atom stereocenters. The van der Waals surface area contributed by atoms with Gasteiger partial charge < -0.3 is 9.42 Å². The minimum atomic E-state index is -3.82. The van der Waals surface area contributed by atoms with Crippen molar-refractivity contribution in [2.75, 3.05) is 39.3 Å². The van der Waals surface area contributed by atoms with Gasteiger partial charge in [-0.05, 0) is 62.1 Å². The monoisotopic (exact) mass is 558 g/mol. The van der Waals surface area contributed by atoms with Gasteiger partial charge in [-0.15, -0.1) is 0 Å². The predicted molar refractivity (Wildman–Crippen MR) is 140 cm³/mol. The molecular weight excluding hydrogens is 526 g/mol. The van der Waals surface area contributed by atoms with Crippen molar-refractivity contribution in [1.82, 2.24) is 19.3 Å². The van der Waals surface area contributed by atoms with E-state index in [0.29, 0.717) is 51.3 Å². The number of piperazine rings is 1. The van der Waals surface area contributed by atoms with E-state index in [2.05, 4.69) is 10.1 Å². The molecule has 39 heavy (non-hydrogen) atoms. The molecule has 0 saturated carbocycles. The van der Waals surface area contributed by atoms with E-state index in [0.717, 1.165) is 11.1 Å². The zero-order valence-corrected chi connectivity index (χ0v) is 22.8. The van der Waals surface area contributed by atoms with Gasteiger partial charge in [0.25, 0.3) is 0 Å². The maximum absolute atomic E-state index is 13.6. The molecule has 3 aromatic rings. The molecule has 11 heteroatoms. The maximum Gasteiger partial charge on any atom is 0.248 e. The molecule has 5 rings (SSSR count). The van der Waals surface area contributed by atoms with Crippen LogP contribution in [0.2, 0.25) is 0 Å². The Labute approximate surface area is 227 Å². The lowest BCUT2D eigenvalue weighted by Crippen LogP contribution is -2.53. The summed E-state index contributed by atoms with van der Waals surface area (Å²) >= 11 is 0. The number of aromatic nitrogens is 1. The molecule has 2 aliphatic rings. The predicted octanol–water partition coefficient (Wildman–Crippen LogP) is 3.90. The molecule has 0 spiro atoms. The number of carbonyl (C=O) groups is 1. The number of hydrogen-bond acceptors (Lipinski definition) is 6. The van der Waals surface area contributed by atoms with Crippen LogP contribution >= 0.6 is 0 Å². The van der Waals surface area contributed by atoms with Gasteiger partial charge in [-0.25, -0.2) is 17.2 Å². The molecule has 8 nitrogen and oxygen atoms in total. The molecule has 1 amide bonds. The number of carbonyl (C=O) groups excluding carboxylic acids is 1. The average Bonchev–Trinajstić information content (AvgIpc) is 3.29. The summed E-state index contributed by atoms with van der Waals surface area (Å²) in [6.45, 7) is 5.73. The van der Waals surface area contributed by atoms with Gasteiger partial charge in [0.15, 0.2) is 5.76 Å². The Kier molecular flexibility index (Phi) is 7.84. The number of benzene rings is 2. The van der Waals surface area contributed by atoms with E-state index < -0.39 is 15.9 Å². The third kappa shape index (κ3) is 5.61. The molecule has 3 heterocycles. The third-order valence-electron chi connectivity index (χ3n) is 7.66. The van der Waals surface area contributed by atoms with Gasteiger partial charge in [-0.2, -0.15) is 4.31 Å². The lowest BCUT2D eigenvalue weighted by Gasteiger charge is -2.41. The van der Waals surface area contributed by atoms with Crippen LogP contribution in [0.5, 0.6) is 0 Å². The highest BCUT2D eigenvalue weighted by atomic mass is 32.2. The van der Waals surface area contributed by atoms with Gasteiger partial charge in [-0.1, -0.05) is 29.4 Å². The first-order valence-electron chi connectivity index (χ1n) is 13.1. The number of nitrogens with zero attached hydrogens (tertiary/aromatic N) is 4. The molecule has 2 aromatic carbocycles. The molecule has 2 saturated heterocycles. The van der Waals surface area contributed by atoms with Crippen LogP contribution in [0.1, 0.15) is 41.5 Å². The number of amides is 1. The van der Waals surface area contributed by atoms with Crippen molar-refractivity contribution in [3.63, 3.8) is 0 Å². The van der Waals surface area contributed by atoms with Gasteiger partial charge in [-0.3, -0.25) is 9.69 Å². The molecule has 1 aromatic heterocycles. The Morgan fingerprint density at radius 3 is 2.00 bits per heavy atom. The molecule has 0 N–H and O–H groups in total. The highest BCUT2D eigenvalue weighted by Crippen LogP contribution is 2.32. The van der Waals surface area contributed by atoms with Crippen molar-refractivity contribution in [2.45, 2.75) is 37.6 Å². The summed E-state index contributed by atoms with van der Waals surface area (Å²) in [6.07, 6.45) is 1.22. The Morgan fingerprint density at radius 1 is 0.923 bits per heavy atom. The minimum absolute atomic E-state index is 0.0478. The summed E-state index contributed by atoms with van der Waals surface area (Å²) < 4.78 is 60.3. The number of rotatable bonds is 6. The second kappa shape index (κ2) is 11.1. The Balaban J connectivity index is 1.28. The summed E-state index contributed by atoms with van der Waals surface area (Å²) in [7, 11) is -3.82. The lowest BCUT2D eigenvalue weighted by atomic mass is 9.95. The van der Waals surface area contributed by atoms with E-state index in [1.807, 2.05) is 0 Å². The fourth-order valence-corrected chi connectivity index (χ4v) is 7.51. The van der Waals surface area contributed by atoms with Gasteiger partial charge >= 0.3 is 0 Å². The summed E-state index contributed by atoms with van der Waals surface area (Å²) in [5.74, 6) is -0.886. The van der Waals surface area contributed by atoms with E-state index >= 15 is 0 Å². The number of aryl methyl sites for hydroxylation is 2. The Hall–Kier alpha value is -3.15. The van der Waals surface area contributed by atoms with Crippen molar-refractivity contribution in [3.8, 4) is 0 Å². The first kappa shape index (κ1) is 27.4. The minimum Gasteiger partial charge on any atom is -0.360 e. The van der Waals surface area contributed by atoms with E-state index in [1.54, 1.807) is 43.0 Å². The molecule has 2 fully saturated rings. The smallest absolute Gasteiger partial charge is 0.248 e. The summed E-state index contributed by atoms with van der Waals surface area (Å²) in [5.41, 5.74) is 2.08. The van der Waals surface area contributed by atoms with E-state index in [-0.39, 0.29) is 40.8 Å². The average molecular weight is 559 g/mol.